The van der Waals surface area contributed by atoms with E-state index in [1.807, 2.05) is 6.92 Å². The predicted molar refractivity (Wildman–Crippen MR) is 69.8 cm³/mol. The van der Waals surface area contributed by atoms with Crippen molar-refractivity contribution in [3.8, 4) is 0 Å². The molecule has 0 unspecified atom stereocenters. The number of halogens is 1. The highest BCUT2D eigenvalue weighted by Gasteiger charge is 2.19. The molecule has 0 aromatic heterocycles. The van der Waals surface area contributed by atoms with Crippen LogP contribution in [0.4, 0.5) is 11.4 Å². The Kier molecular flexibility index (Phi) is 4.91. The Morgan fingerprint density at radius 2 is 2.22 bits per heavy atom. The highest BCUT2D eigenvalue weighted by atomic mass is 35.5. The first-order valence-electron chi connectivity index (χ1n) is 5.49. The zero-order valence-corrected chi connectivity index (χ0v) is 10.7. The molecule has 0 aliphatic heterocycles. The molecule has 0 heterocycles. The van der Waals surface area contributed by atoms with Gasteiger partial charge in [-0.1, -0.05) is 24.9 Å². The van der Waals surface area contributed by atoms with Gasteiger partial charge in [-0.15, -0.1) is 0 Å². The molecule has 98 valence electrons. The van der Waals surface area contributed by atoms with Crippen molar-refractivity contribution >= 4 is 28.9 Å². The number of nitrogens with zero attached hydrogens (tertiary/aromatic N) is 1. The Morgan fingerprint density at radius 1 is 1.56 bits per heavy atom. The van der Waals surface area contributed by atoms with Crippen molar-refractivity contribution in [1.82, 2.24) is 5.32 Å². The summed E-state index contributed by atoms with van der Waals surface area (Å²) >= 11 is 5.76. The maximum absolute atomic E-state index is 11.7. The molecule has 0 atom stereocenters. The molecule has 0 spiro atoms. The lowest BCUT2D eigenvalue weighted by Crippen LogP contribution is -2.24. The maximum atomic E-state index is 11.7. The van der Waals surface area contributed by atoms with Gasteiger partial charge < -0.3 is 11.1 Å². The fourth-order valence-corrected chi connectivity index (χ4v) is 1.58. The van der Waals surface area contributed by atoms with E-state index in [-0.39, 0.29) is 22.0 Å². The molecule has 0 aliphatic rings. The quantitative estimate of drug-likeness (QED) is 0.372. The van der Waals surface area contributed by atoms with Crippen LogP contribution in [0.2, 0.25) is 5.02 Å². The van der Waals surface area contributed by atoms with E-state index in [4.69, 9.17) is 17.3 Å². The third-order valence-corrected chi connectivity index (χ3v) is 2.70. The van der Waals surface area contributed by atoms with Gasteiger partial charge in [-0.3, -0.25) is 14.9 Å². The first-order valence-corrected chi connectivity index (χ1v) is 5.86. The maximum Gasteiger partial charge on any atom is 0.294 e. The number of carbonyl (C=O) groups excluding carboxylic acids is 1. The summed E-state index contributed by atoms with van der Waals surface area (Å²) in [6.45, 7) is 2.52. The van der Waals surface area contributed by atoms with Crippen LogP contribution < -0.4 is 11.1 Å². The summed E-state index contributed by atoms with van der Waals surface area (Å²) < 4.78 is 0. The number of carbonyl (C=O) groups is 1. The van der Waals surface area contributed by atoms with Gasteiger partial charge in [-0.05, 0) is 12.5 Å². The van der Waals surface area contributed by atoms with Crippen LogP contribution in [0.3, 0.4) is 0 Å². The third kappa shape index (κ3) is 3.33. The second-order valence-electron chi connectivity index (χ2n) is 3.76. The van der Waals surface area contributed by atoms with Crippen molar-refractivity contribution in [3.63, 3.8) is 0 Å². The van der Waals surface area contributed by atoms with Crippen LogP contribution in [0.1, 0.15) is 30.1 Å². The molecule has 6 nitrogen and oxygen atoms in total. The van der Waals surface area contributed by atoms with E-state index in [0.717, 1.165) is 18.9 Å². The first-order chi connectivity index (χ1) is 8.47. The van der Waals surface area contributed by atoms with Crippen molar-refractivity contribution in [2.45, 2.75) is 19.8 Å². The third-order valence-electron chi connectivity index (χ3n) is 2.38. The molecule has 3 N–H and O–H groups in total. The minimum Gasteiger partial charge on any atom is -0.392 e. The zero-order chi connectivity index (χ0) is 13.7. The molecular weight excluding hydrogens is 258 g/mol. The first kappa shape index (κ1) is 14.2. The van der Waals surface area contributed by atoms with E-state index in [0.29, 0.717) is 6.54 Å². The van der Waals surface area contributed by atoms with Crippen molar-refractivity contribution < 1.29 is 9.72 Å². The molecule has 18 heavy (non-hydrogen) atoms. The molecule has 7 heteroatoms. The predicted octanol–water partition coefficient (Wildman–Crippen LogP) is 2.36. The van der Waals surface area contributed by atoms with E-state index in [9.17, 15) is 14.9 Å². The van der Waals surface area contributed by atoms with E-state index >= 15 is 0 Å². The lowest BCUT2D eigenvalue weighted by atomic mass is 10.1. The summed E-state index contributed by atoms with van der Waals surface area (Å²) in [6.07, 6.45) is 1.79. The van der Waals surface area contributed by atoms with Crippen LogP contribution in [0.5, 0.6) is 0 Å². The van der Waals surface area contributed by atoms with Gasteiger partial charge in [0.05, 0.1) is 9.95 Å². The number of nitrogens with two attached hydrogens (primary N) is 1. The Bertz CT molecular complexity index is 477. The van der Waals surface area contributed by atoms with Crippen molar-refractivity contribution in [2.75, 3.05) is 12.3 Å². The molecule has 1 aromatic carbocycles. The standard InChI is InChI=1S/C11H14ClN3O3/c1-2-3-4-14-11(16)7-5-8(12)10(13)9(6-7)15(17)18/h5-6H,2-4,13H2,1H3,(H,14,16). The minimum atomic E-state index is -0.663. The zero-order valence-electron chi connectivity index (χ0n) is 9.90. The second kappa shape index (κ2) is 6.20. The number of nitro groups is 1. The van der Waals surface area contributed by atoms with E-state index in [2.05, 4.69) is 5.32 Å². The van der Waals surface area contributed by atoms with E-state index < -0.39 is 10.8 Å². The van der Waals surface area contributed by atoms with Gasteiger partial charge in [-0.25, -0.2) is 0 Å². The van der Waals surface area contributed by atoms with Gasteiger partial charge in [0.25, 0.3) is 11.6 Å². The lowest BCUT2D eigenvalue weighted by Gasteiger charge is -2.06. The normalized spacial score (nSPS) is 10.1. The van der Waals surface area contributed by atoms with E-state index in [1.54, 1.807) is 0 Å². The number of hydrogen-bond donors (Lipinski definition) is 2. The van der Waals surface area contributed by atoms with Gasteiger partial charge in [0.15, 0.2) is 0 Å². The van der Waals surface area contributed by atoms with Crippen LogP contribution in [0.15, 0.2) is 12.1 Å². The summed E-state index contributed by atoms with van der Waals surface area (Å²) in [7, 11) is 0. The average Bonchev–Trinajstić information content (AvgIpc) is 2.32. The number of anilines is 1. The summed E-state index contributed by atoms with van der Waals surface area (Å²) in [4.78, 5) is 21.8. The number of amides is 1. The fourth-order valence-electron chi connectivity index (χ4n) is 1.37. The van der Waals surface area contributed by atoms with Crippen molar-refractivity contribution in [2.24, 2.45) is 0 Å². The Labute approximate surface area is 109 Å². The summed E-state index contributed by atoms with van der Waals surface area (Å²) in [6, 6.07) is 2.45. The fraction of sp³-hybridized carbons (Fsp3) is 0.364. The smallest absolute Gasteiger partial charge is 0.294 e. The number of rotatable bonds is 5. The topological polar surface area (TPSA) is 98.3 Å². The number of benzene rings is 1. The molecule has 1 aromatic rings. The van der Waals surface area contributed by atoms with Gasteiger partial charge in [-0.2, -0.15) is 0 Å². The molecule has 0 saturated heterocycles. The van der Waals surface area contributed by atoms with Gasteiger partial charge in [0.2, 0.25) is 0 Å². The van der Waals surface area contributed by atoms with Crippen LogP contribution >= 0.6 is 11.6 Å². The number of unbranched alkanes of at least 4 members (excludes halogenated alkanes) is 1. The largest absolute Gasteiger partial charge is 0.392 e. The number of nitrogen functional groups attached to an aromatic ring is 1. The summed E-state index contributed by atoms with van der Waals surface area (Å²) in [5.41, 5.74) is 5.11. The van der Waals surface area contributed by atoms with Crippen LogP contribution in [-0.2, 0) is 0 Å². The molecule has 1 rings (SSSR count). The molecule has 0 aliphatic carbocycles. The number of hydrogen-bond acceptors (Lipinski definition) is 4. The minimum absolute atomic E-state index is 0.00448. The Hall–Kier alpha value is -1.82. The number of nitro benzene ring substituents is 1. The summed E-state index contributed by atoms with van der Waals surface area (Å²) in [5, 5.41) is 13.4. The van der Waals surface area contributed by atoms with Crippen LogP contribution in [0, 0.1) is 10.1 Å². The van der Waals surface area contributed by atoms with E-state index in [1.165, 1.54) is 6.07 Å². The van der Waals surface area contributed by atoms with Crippen LogP contribution in [-0.4, -0.2) is 17.4 Å². The van der Waals surface area contributed by atoms with Crippen LogP contribution in [0.25, 0.3) is 0 Å². The number of nitrogens with one attached hydrogen (secondary N) is 1. The summed E-state index contributed by atoms with van der Waals surface area (Å²) in [5.74, 6) is -0.395. The molecule has 0 radical (unpaired) electrons. The van der Waals surface area contributed by atoms with Crippen molar-refractivity contribution in [3.05, 3.63) is 32.8 Å². The molecule has 0 bridgehead atoms. The van der Waals surface area contributed by atoms with Gasteiger partial charge in [0, 0.05) is 18.2 Å². The Balaban J connectivity index is 2.96. The molecule has 1 amide bonds. The SMILES string of the molecule is CCCCNC(=O)c1cc(Cl)c(N)c([N+](=O)[O-])c1. The average molecular weight is 272 g/mol. The molecule has 0 fully saturated rings. The second-order valence-corrected chi connectivity index (χ2v) is 4.16. The lowest BCUT2D eigenvalue weighted by molar-refractivity contribution is -0.383. The highest BCUT2D eigenvalue weighted by molar-refractivity contribution is 6.34. The molecule has 0 saturated carbocycles. The van der Waals surface area contributed by atoms with Gasteiger partial charge in [0.1, 0.15) is 5.69 Å². The van der Waals surface area contributed by atoms with Crippen molar-refractivity contribution in [1.29, 1.82) is 0 Å². The highest BCUT2D eigenvalue weighted by Crippen LogP contribution is 2.30. The Morgan fingerprint density at radius 3 is 2.78 bits per heavy atom. The monoisotopic (exact) mass is 271 g/mol. The van der Waals surface area contributed by atoms with Gasteiger partial charge >= 0.3 is 0 Å². The molecular formula is C11H14ClN3O3.